The highest BCUT2D eigenvalue weighted by molar-refractivity contribution is 9.09. The van der Waals surface area contributed by atoms with Gasteiger partial charge < -0.3 is 14.8 Å². The van der Waals surface area contributed by atoms with Crippen molar-refractivity contribution in [3.05, 3.63) is 23.5 Å². The molecule has 1 aromatic rings. The van der Waals surface area contributed by atoms with Gasteiger partial charge in [0.05, 0.1) is 5.56 Å². The number of hydrogen-bond donors (Lipinski definition) is 2. The predicted molar refractivity (Wildman–Crippen MR) is 52.1 cm³/mol. The quantitative estimate of drug-likeness (QED) is 0.801. The zero-order valence-electron chi connectivity index (χ0n) is 7.11. The summed E-state index contributed by atoms with van der Waals surface area (Å²) < 4.78 is 1.39. The molecule has 0 aliphatic heterocycles. The maximum absolute atomic E-state index is 10.7. The molecule has 0 aliphatic rings. The molecule has 0 saturated heterocycles. The van der Waals surface area contributed by atoms with E-state index in [9.17, 15) is 9.59 Å². The maximum Gasteiger partial charge on any atom is 0.352 e. The van der Waals surface area contributed by atoms with E-state index in [2.05, 4.69) is 15.9 Å². The van der Waals surface area contributed by atoms with E-state index in [0.717, 1.165) is 6.07 Å². The van der Waals surface area contributed by atoms with Gasteiger partial charge in [-0.05, 0) is 6.07 Å². The van der Waals surface area contributed by atoms with Gasteiger partial charge in [-0.15, -0.1) is 0 Å². The lowest BCUT2D eigenvalue weighted by Crippen LogP contribution is -2.07. The topological polar surface area (TPSA) is 79.5 Å². The van der Waals surface area contributed by atoms with Gasteiger partial charge >= 0.3 is 11.9 Å². The Morgan fingerprint density at radius 3 is 2.43 bits per heavy atom. The number of halogens is 1. The second-order valence-corrected chi connectivity index (χ2v) is 3.40. The lowest BCUT2D eigenvalue weighted by atomic mass is 10.3. The molecule has 0 radical (unpaired) electrons. The maximum atomic E-state index is 10.7. The summed E-state index contributed by atoms with van der Waals surface area (Å²) in [5.74, 6) is -2.25. The fraction of sp³-hybridized carbons (Fsp3) is 0.250. The van der Waals surface area contributed by atoms with Crippen molar-refractivity contribution in [2.75, 3.05) is 5.33 Å². The van der Waals surface area contributed by atoms with Gasteiger partial charge in [0.2, 0.25) is 0 Å². The zero-order chi connectivity index (χ0) is 10.7. The highest BCUT2D eigenvalue weighted by Gasteiger charge is 2.15. The van der Waals surface area contributed by atoms with Crippen LogP contribution in [0.5, 0.6) is 0 Å². The van der Waals surface area contributed by atoms with Crippen molar-refractivity contribution in [3.63, 3.8) is 0 Å². The number of aryl methyl sites for hydroxylation is 1. The summed E-state index contributed by atoms with van der Waals surface area (Å²) in [6, 6.07) is 1.15. The summed E-state index contributed by atoms with van der Waals surface area (Å²) in [4.78, 5) is 21.3. The van der Waals surface area contributed by atoms with Gasteiger partial charge in [-0.2, -0.15) is 0 Å². The number of carboxylic acid groups (broad SMARTS) is 2. The summed E-state index contributed by atoms with van der Waals surface area (Å²) in [5, 5.41) is 18.0. The molecular weight excluding hydrogens is 254 g/mol. The average molecular weight is 262 g/mol. The number of aromatic nitrogens is 1. The van der Waals surface area contributed by atoms with Crippen molar-refractivity contribution in [1.29, 1.82) is 0 Å². The average Bonchev–Trinajstić information content (AvgIpc) is 2.49. The van der Waals surface area contributed by atoms with E-state index in [1.807, 2.05) is 0 Å². The Bertz CT molecular complexity index is 371. The fourth-order valence-electron chi connectivity index (χ4n) is 1.08. The van der Waals surface area contributed by atoms with Crippen molar-refractivity contribution in [1.82, 2.24) is 4.57 Å². The van der Waals surface area contributed by atoms with E-state index in [1.54, 1.807) is 0 Å². The van der Waals surface area contributed by atoms with Gasteiger partial charge in [-0.25, -0.2) is 9.59 Å². The van der Waals surface area contributed by atoms with Crippen LogP contribution in [-0.2, 0) is 6.54 Å². The Labute approximate surface area is 88.1 Å². The molecule has 0 fully saturated rings. The van der Waals surface area contributed by atoms with Crippen LogP contribution in [0.3, 0.4) is 0 Å². The molecule has 1 rings (SSSR count). The van der Waals surface area contributed by atoms with Crippen molar-refractivity contribution >= 4 is 27.9 Å². The predicted octanol–water partition coefficient (Wildman–Crippen LogP) is 1.28. The normalized spacial score (nSPS) is 10.1. The van der Waals surface area contributed by atoms with Gasteiger partial charge in [0.1, 0.15) is 5.69 Å². The number of alkyl halides is 1. The molecule has 5 nitrogen and oxygen atoms in total. The summed E-state index contributed by atoms with van der Waals surface area (Å²) in [5.41, 5.74) is -0.0230. The van der Waals surface area contributed by atoms with Gasteiger partial charge in [-0.1, -0.05) is 15.9 Å². The molecule has 0 bridgehead atoms. The Balaban J connectivity index is 3.12. The first-order valence-electron chi connectivity index (χ1n) is 3.79. The SMILES string of the molecule is O=C(O)c1cc(C(=O)O)n(CCBr)c1. The smallest absolute Gasteiger partial charge is 0.352 e. The molecule has 1 aromatic heterocycles. The van der Waals surface area contributed by atoms with Crippen molar-refractivity contribution < 1.29 is 19.8 Å². The molecule has 14 heavy (non-hydrogen) atoms. The van der Waals surface area contributed by atoms with Gasteiger partial charge in [-0.3, -0.25) is 0 Å². The molecule has 0 spiro atoms. The summed E-state index contributed by atoms with van der Waals surface area (Å²) in [6.45, 7) is 0.426. The minimum atomic E-state index is -1.13. The van der Waals surface area contributed by atoms with Gasteiger partial charge in [0.15, 0.2) is 0 Å². The number of aromatic carboxylic acids is 2. The van der Waals surface area contributed by atoms with Crippen molar-refractivity contribution in [2.45, 2.75) is 6.54 Å². The van der Waals surface area contributed by atoms with E-state index < -0.39 is 11.9 Å². The van der Waals surface area contributed by atoms with Crippen LogP contribution in [0.25, 0.3) is 0 Å². The van der Waals surface area contributed by atoms with Crippen LogP contribution in [-0.4, -0.2) is 32.0 Å². The molecule has 2 N–H and O–H groups in total. The Morgan fingerprint density at radius 1 is 1.36 bits per heavy atom. The first-order chi connectivity index (χ1) is 6.56. The number of carboxylic acids is 2. The van der Waals surface area contributed by atoms with Gasteiger partial charge in [0, 0.05) is 18.1 Å². The Kier molecular flexibility index (Phi) is 3.29. The molecule has 6 heteroatoms. The van der Waals surface area contributed by atoms with Crippen LogP contribution in [0.4, 0.5) is 0 Å². The third-order valence-corrected chi connectivity index (χ3v) is 2.04. The monoisotopic (exact) mass is 261 g/mol. The Hall–Kier alpha value is -1.30. The fourth-order valence-corrected chi connectivity index (χ4v) is 1.46. The van der Waals surface area contributed by atoms with E-state index >= 15 is 0 Å². The lowest BCUT2D eigenvalue weighted by molar-refractivity contribution is 0.0682. The van der Waals surface area contributed by atoms with Crippen LogP contribution >= 0.6 is 15.9 Å². The number of rotatable bonds is 4. The van der Waals surface area contributed by atoms with Crippen LogP contribution in [0, 0.1) is 0 Å². The third-order valence-electron chi connectivity index (χ3n) is 1.69. The molecule has 1 heterocycles. The highest BCUT2D eigenvalue weighted by atomic mass is 79.9. The number of nitrogens with zero attached hydrogens (tertiary/aromatic N) is 1. The first kappa shape index (κ1) is 10.8. The van der Waals surface area contributed by atoms with E-state index in [1.165, 1.54) is 10.8 Å². The summed E-state index contributed by atoms with van der Waals surface area (Å²) in [6.07, 6.45) is 1.31. The largest absolute Gasteiger partial charge is 0.478 e. The molecule has 0 saturated carbocycles. The van der Waals surface area contributed by atoms with Crippen LogP contribution in [0.15, 0.2) is 12.3 Å². The molecule has 76 valence electrons. The van der Waals surface area contributed by atoms with E-state index in [4.69, 9.17) is 10.2 Å². The van der Waals surface area contributed by atoms with Crippen molar-refractivity contribution in [3.8, 4) is 0 Å². The summed E-state index contributed by atoms with van der Waals surface area (Å²) in [7, 11) is 0. The van der Waals surface area contributed by atoms with Crippen LogP contribution < -0.4 is 0 Å². The second kappa shape index (κ2) is 4.28. The second-order valence-electron chi connectivity index (χ2n) is 2.61. The van der Waals surface area contributed by atoms with E-state index in [-0.39, 0.29) is 11.3 Å². The minimum Gasteiger partial charge on any atom is -0.478 e. The highest BCUT2D eigenvalue weighted by Crippen LogP contribution is 2.09. The van der Waals surface area contributed by atoms with Crippen LogP contribution in [0.1, 0.15) is 20.8 Å². The number of carbonyl (C=O) groups is 2. The molecule has 0 unspecified atom stereocenters. The lowest BCUT2D eigenvalue weighted by Gasteiger charge is -2.01. The molecule has 0 amide bonds. The molecular formula is C8H8BrNO4. The third kappa shape index (κ3) is 2.14. The molecule has 0 aromatic carbocycles. The van der Waals surface area contributed by atoms with Crippen LogP contribution in [0.2, 0.25) is 0 Å². The Morgan fingerprint density at radius 2 is 2.00 bits per heavy atom. The minimum absolute atomic E-state index is 0.0108. The standard InChI is InChI=1S/C8H8BrNO4/c9-1-2-10-4-5(7(11)12)3-6(10)8(13)14/h3-4H,1-2H2,(H,11,12)(H,13,14). The molecule has 0 aliphatic carbocycles. The van der Waals surface area contributed by atoms with Gasteiger partial charge in [0.25, 0.3) is 0 Å². The van der Waals surface area contributed by atoms with E-state index in [0.29, 0.717) is 11.9 Å². The van der Waals surface area contributed by atoms with Crippen molar-refractivity contribution in [2.24, 2.45) is 0 Å². The zero-order valence-corrected chi connectivity index (χ0v) is 8.69. The summed E-state index contributed by atoms with van der Waals surface area (Å²) >= 11 is 3.15. The first-order valence-corrected chi connectivity index (χ1v) is 4.91. The number of hydrogen-bond acceptors (Lipinski definition) is 2. The molecule has 0 atom stereocenters.